The van der Waals surface area contributed by atoms with E-state index < -0.39 is 0 Å². The monoisotopic (exact) mass is 816 g/mol. The lowest BCUT2D eigenvalue weighted by Crippen LogP contribution is -2.22. The molecule has 0 amide bonds. The van der Waals surface area contributed by atoms with Crippen molar-refractivity contribution < 1.29 is 0 Å². The minimum atomic E-state index is -0.0579. The topological polar surface area (TPSA) is 25.2 Å². The summed E-state index contributed by atoms with van der Waals surface area (Å²) in [5, 5.41) is 2.61. The molecule has 1 aliphatic rings. The van der Waals surface area contributed by atoms with Gasteiger partial charge in [-0.2, -0.15) is 0 Å². The fraction of sp³-hybridized carbons (Fsp3) is 0. The number of rotatable bonds is 5. The third kappa shape index (κ3) is 6.25. The third-order valence-electron chi connectivity index (χ3n) is 12.8. The van der Waals surface area contributed by atoms with Gasteiger partial charge in [-0.25, -0.2) is 0 Å². The van der Waals surface area contributed by atoms with Crippen LogP contribution in [0, 0.1) is 0 Å². The van der Waals surface area contributed by atoms with Gasteiger partial charge in [0.05, 0.1) is 22.6 Å². The zero-order valence-corrected chi connectivity index (χ0v) is 34.9. The molecular formula is C61H40N2O. The van der Waals surface area contributed by atoms with Crippen molar-refractivity contribution >= 4 is 38.7 Å². The molecule has 0 bridgehead atoms. The SMILES string of the molecule is O=c1c2ccc(-c3ccccc3)cc2c2cccc3c2n1-c1ccccc1-c1cc(-c2ccccc2)ccc1N(c1ccc(-c2ccccc2)cc1)c1ccc(-c2ccccc2)cc1-3. The van der Waals surface area contributed by atoms with E-state index in [4.69, 9.17) is 0 Å². The highest BCUT2D eigenvalue weighted by Gasteiger charge is 2.28. The number of aromatic nitrogens is 1. The van der Waals surface area contributed by atoms with Crippen LogP contribution in [0.25, 0.3) is 94.1 Å². The lowest BCUT2D eigenvalue weighted by atomic mass is 9.90. The molecular weight excluding hydrogens is 777 g/mol. The second kappa shape index (κ2) is 15.4. The molecule has 0 aliphatic carbocycles. The first-order valence-corrected chi connectivity index (χ1v) is 21.8. The average molecular weight is 817 g/mol. The van der Waals surface area contributed by atoms with Crippen LogP contribution in [-0.2, 0) is 0 Å². The fourth-order valence-electron chi connectivity index (χ4n) is 9.69. The van der Waals surface area contributed by atoms with Gasteiger partial charge in [-0.3, -0.25) is 9.36 Å². The first-order chi connectivity index (χ1) is 31.7. The molecule has 0 saturated carbocycles. The van der Waals surface area contributed by atoms with E-state index in [1.54, 1.807) is 0 Å². The van der Waals surface area contributed by atoms with Crippen LogP contribution in [0.4, 0.5) is 17.1 Å². The Kier molecular flexibility index (Phi) is 8.98. The molecule has 0 spiro atoms. The van der Waals surface area contributed by atoms with E-state index in [1.165, 1.54) is 5.56 Å². The Labute approximate surface area is 372 Å². The highest BCUT2D eigenvalue weighted by atomic mass is 16.1. The predicted molar refractivity (Wildman–Crippen MR) is 268 cm³/mol. The normalized spacial score (nSPS) is 11.8. The van der Waals surface area contributed by atoms with E-state index in [-0.39, 0.29) is 5.56 Å². The lowest BCUT2D eigenvalue weighted by Gasteiger charge is -2.32. The van der Waals surface area contributed by atoms with E-state index in [9.17, 15) is 0 Å². The van der Waals surface area contributed by atoms with Gasteiger partial charge in [-0.05, 0) is 104 Å². The first-order valence-electron chi connectivity index (χ1n) is 21.8. The predicted octanol–water partition coefficient (Wildman–Crippen LogP) is 15.9. The molecule has 2 heterocycles. The highest BCUT2D eigenvalue weighted by Crippen LogP contribution is 2.50. The Bertz CT molecular complexity index is 3600. The summed E-state index contributed by atoms with van der Waals surface area (Å²) in [5.74, 6) is 0. The van der Waals surface area contributed by atoms with Crippen molar-refractivity contribution in [3.8, 4) is 72.4 Å². The molecule has 0 radical (unpaired) electrons. The van der Waals surface area contributed by atoms with Crippen LogP contribution in [-0.4, -0.2) is 4.57 Å². The zero-order valence-electron chi connectivity index (χ0n) is 34.9. The van der Waals surface area contributed by atoms with Crippen molar-refractivity contribution in [1.82, 2.24) is 4.57 Å². The number of para-hydroxylation sites is 2. The fourth-order valence-corrected chi connectivity index (χ4v) is 9.69. The molecule has 0 atom stereocenters. The molecule has 10 aromatic carbocycles. The summed E-state index contributed by atoms with van der Waals surface area (Å²) in [7, 11) is 0. The summed E-state index contributed by atoms with van der Waals surface area (Å²) < 4.78 is 1.99. The molecule has 3 heteroatoms. The quantitative estimate of drug-likeness (QED) is 0.162. The maximum Gasteiger partial charge on any atom is 0.263 e. The number of anilines is 3. The molecule has 0 unspecified atom stereocenters. The summed E-state index contributed by atoms with van der Waals surface area (Å²) in [6.45, 7) is 0. The van der Waals surface area contributed by atoms with E-state index in [2.05, 4.69) is 235 Å². The van der Waals surface area contributed by atoms with Crippen LogP contribution in [0.5, 0.6) is 0 Å². The van der Waals surface area contributed by atoms with Crippen LogP contribution in [0.1, 0.15) is 0 Å². The first kappa shape index (κ1) is 37.2. The highest BCUT2D eigenvalue weighted by molar-refractivity contribution is 6.14. The minimum absolute atomic E-state index is 0.0579. The van der Waals surface area contributed by atoms with Gasteiger partial charge in [0.15, 0.2) is 0 Å². The molecule has 0 saturated heterocycles. The second-order valence-corrected chi connectivity index (χ2v) is 16.4. The number of hydrogen-bond acceptors (Lipinski definition) is 2. The van der Waals surface area contributed by atoms with Crippen molar-refractivity contribution in [1.29, 1.82) is 0 Å². The van der Waals surface area contributed by atoms with Crippen LogP contribution in [0.3, 0.4) is 0 Å². The lowest BCUT2D eigenvalue weighted by molar-refractivity contribution is 1.06. The second-order valence-electron chi connectivity index (χ2n) is 16.4. The molecule has 1 aromatic heterocycles. The molecule has 0 N–H and O–H groups in total. The number of fused-ring (bicyclic) bond motifs is 8. The van der Waals surface area contributed by atoms with Crippen LogP contribution >= 0.6 is 0 Å². The van der Waals surface area contributed by atoms with Gasteiger partial charge in [0.2, 0.25) is 0 Å². The van der Waals surface area contributed by atoms with Crippen LogP contribution in [0.2, 0.25) is 0 Å². The van der Waals surface area contributed by atoms with Gasteiger partial charge in [0, 0.05) is 38.7 Å². The summed E-state index contributed by atoms with van der Waals surface area (Å²) in [4.78, 5) is 18.0. The number of nitrogens with zero attached hydrogens (tertiary/aromatic N) is 2. The third-order valence-corrected chi connectivity index (χ3v) is 12.8. The van der Waals surface area contributed by atoms with Gasteiger partial charge in [0.25, 0.3) is 5.56 Å². The van der Waals surface area contributed by atoms with E-state index in [0.29, 0.717) is 5.39 Å². The van der Waals surface area contributed by atoms with Crippen molar-refractivity contribution in [3.63, 3.8) is 0 Å². The Morgan fingerprint density at radius 2 is 0.703 bits per heavy atom. The Morgan fingerprint density at radius 1 is 0.266 bits per heavy atom. The largest absolute Gasteiger partial charge is 0.309 e. The van der Waals surface area contributed by atoms with Gasteiger partial charge >= 0.3 is 0 Å². The summed E-state index contributed by atoms with van der Waals surface area (Å²) in [6.07, 6.45) is 0. The Balaban J connectivity index is 1.24. The van der Waals surface area contributed by atoms with E-state index >= 15 is 4.79 Å². The van der Waals surface area contributed by atoms with Crippen molar-refractivity contribution in [2.75, 3.05) is 4.90 Å². The van der Waals surface area contributed by atoms with Gasteiger partial charge < -0.3 is 4.90 Å². The van der Waals surface area contributed by atoms with Crippen LogP contribution < -0.4 is 10.5 Å². The zero-order chi connectivity index (χ0) is 42.6. The molecule has 1 aliphatic heterocycles. The summed E-state index contributed by atoms with van der Waals surface area (Å²) in [6, 6.07) is 85.8. The van der Waals surface area contributed by atoms with Gasteiger partial charge in [-0.1, -0.05) is 188 Å². The number of hydrogen-bond donors (Lipinski definition) is 0. The van der Waals surface area contributed by atoms with Crippen molar-refractivity contribution in [2.24, 2.45) is 0 Å². The van der Waals surface area contributed by atoms with E-state index in [0.717, 1.165) is 100 Å². The minimum Gasteiger partial charge on any atom is -0.309 e. The smallest absolute Gasteiger partial charge is 0.263 e. The number of pyridine rings is 1. The summed E-state index contributed by atoms with van der Waals surface area (Å²) in [5.41, 5.74) is 17.6. The average Bonchev–Trinajstić information content (AvgIpc) is 3.37. The van der Waals surface area contributed by atoms with Gasteiger partial charge in [0.1, 0.15) is 0 Å². The Hall–Kier alpha value is -8.53. The maximum absolute atomic E-state index is 15.6. The van der Waals surface area contributed by atoms with Gasteiger partial charge in [-0.15, -0.1) is 0 Å². The molecule has 12 rings (SSSR count). The molecule has 64 heavy (non-hydrogen) atoms. The Morgan fingerprint density at radius 3 is 1.28 bits per heavy atom. The van der Waals surface area contributed by atoms with Crippen molar-refractivity contribution in [3.05, 3.63) is 253 Å². The maximum atomic E-state index is 15.6. The number of benzene rings is 10. The molecule has 0 fully saturated rings. The van der Waals surface area contributed by atoms with Crippen molar-refractivity contribution in [2.45, 2.75) is 0 Å². The summed E-state index contributed by atoms with van der Waals surface area (Å²) >= 11 is 0. The van der Waals surface area contributed by atoms with E-state index in [1.807, 2.05) is 16.7 Å². The molecule has 11 aromatic rings. The standard InChI is InChI=1S/C61H40N2O/c64-61-53-35-30-46(42-18-7-2-8-19-42)38-54(53)51-25-15-26-52-56-40-48(44-22-11-4-12-23-44)32-37-59(56)62(49-33-28-45(29-34-49)41-16-5-1-6-17-41)58-36-31-47(43-20-9-3-10-21-43)39-55(58)50-24-13-14-27-57(50)63(61)60(51)52/h1-40H. The van der Waals surface area contributed by atoms with Crippen LogP contribution in [0.15, 0.2) is 247 Å². The molecule has 300 valence electrons. The molecule has 3 nitrogen and oxygen atoms in total.